The van der Waals surface area contributed by atoms with Crippen LogP contribution in [0.3, 0.4) is 0 Å². The highest BCUT2D eigenvalue weighted by atomic mass is 16.5. The Morgan fingerprint density at radius 2 is 2.05 bits per heavy atom. The highest BCUT2D eigenvalue weighted by molar-refractivity contribution is 5.91. The first-order valence-corrected chi connectivity index (χ1v) is 7.36. The van der Waals surface area contributed by atoms with Gasteiger partial charge in [-0.25, -0.2) is 4.98 Å². The Bertz CT molecular complexity index is 670. The largest absolute Gasteiger partial charge is 0.371 e. The maximum atomic E-state index is 12.3. The van der Waals surface area contributed by atoms with Crippen molar-refractivity contribution >= 4 is 5.91 Å². The van der Waals surface area contributed by atoms with Gasteiger partial charge in [-0.1, -0.05) is 24.3 Å². The molecule has 1 aliphatic heterocycles. The topological polar surface area (TPSA) is 55.3 Å². The van der Waals surface area contributed by atoms with Gasteiger partial charge in [-0.05, 0) is 18.1 Å². The summed E-state index contributed by atoms with van der Waals surface area (Å²) in [6.07, 6.45) is 3.97. The van der Waals surface area contributed by atoms with Gasteiger partial charge >= 0.3 is 0 Å². The first kappa shape index (κ1) is 14.7. The van der Waals surface area contributed by atoms with Crippen molar-refractivity contribution in [2.75, 3.05) is 13.6 Å². The van der Waals surface area contributed by atoms with Crippen LogP contribution in [0.1, 0.15) is 27.3 Å². The van der Waals surface area contributed by atoms with Crippen LogP contribution in [0.15, 0.2) is 36.7 Å². The summed E-state index contributed by atoms with van der Waals surface area (Å²) in [4.78, 5) is 22.2. The Hall–Kier alpha value is -2.27. The zero-order valence-corrected chi connectivity index (χ0v) is 12.8. The lowest BCUT2D eigenvalue weighted by Crippen LogP contribution is -2.38. The van der Waals surface area contributed by atoms with E-state index in [0.717, 1.165) is 12.1 Å². The monoisotopic (exact) mass is 297 g/mol. The Morgan fingerprint density at radius 1 is 1.27 bits per heavy atom. The van der Waals surface area contributed by atoms with Crippen molar-refractivity contribution in [1.82, 2.24) is 14.9 Å². The normalized spacial score (nSPS) is 16.9. The molecule has 1 unspecified atom stereocenters. The molecule has 1 aromatic carbocycles. The summed E-state index contributed by atoms with van der Waals surface area (Å²) >= 11 is 0. The number of fused-ring (bicyclic) bond motifs is 1. The van der Waals surface area contributed by atoms with Crippen molar-refractivity contribution in [2.24, 2.45) is 0 Å². The van der Waals surface area contributed by atoms with Crippen LogP contribution in [0.2, 0.25) is 0 Å². The van der Waals surface area contributed by atoms with Gasteiger partial charge in [0.1, 0.15) is 5.69 Å². The Labute approximate surface area is 130 Å². The Kier molecular flexibility index (Phi) is 4.15. The van der Waals surface area contributed by atoms with E-state index in [-0.39, 0.29) is 12.0 Å². The third-order valence-electron chi connectivity index (χ3n) is 3.86. The van der Waals surface area contributed by atoms with Crippen molar-refractivity contribution in [3.8, 4) is 0 Å². The average Bonchev–Trinajstić information content (AvgIpc) is 2.55. The Morgan fingerprint density at radius 3 is 2.77 bits per heavy atom. The SMILES string of the molecule is Cc1cnc(C(=O)N(C)CC2Cc3ccccc3CO2)cn1. The lowest BCUT2D eigenvalue weighted by atomic mass is 9.99. The number of hydrogen-bond donors (Lipinski definition) is 0. The molecule has 5 heteroatoms. The molecule has 22 heavy (non-hydrogen) atoms. The van der Waals surface area contributed by atoms with Gasteiger partial charge in [0.15, 0.2) is 0 Å². The maximum Gasteiger partial charge on any atom is 0.273 e. The number of likely N-dealkylation sites (N-methyl/N-ethyl adjacent to an activating group) is 1. The van der Waals surface area contributed by atoms with Gasteiger partial charge in [-0.3, -0.25) is 9.78 Å². The van der Waals surface area contributed by atoms with Crippen molar-refractivity contribution in [3.05, 3.63) is 59.2 Å². The molecule has 0 bridgehead atoms. The first-order valence-electron chi connectivity index (χ1n) is 7.36. The second-order valence-electron chi connectivity index (χ2n) is 5.63. The van der Waals surface area contributed by atoms with E-state index < -0.39 is 0 Å². The lowest BCUT2D eigenvalue weighted by Gasteiger charge is -2.28. The molecule has 0 saturated heterocycles. The van der Waals surface area contributed by atoms with E-state index >= 15 is 0 Å². The molecule has 0 aliphatic carbocycles. The smallest absolute Gasteiger partial charge is 0.273 e. The van der Waals surface area contributed by atoms with E-state index in [2.05, 4.69) is 22.1 Å². The second-order valence-corrected chi connectivity index (χ2v) is 5.63. The molecular formula is C17H19N3O2. The number of carbonyl (C=O) groups is 1. The fourth-order valence-corrected chi connectivity index (χ4v) is 2.61. The molecule has 0 radical (unpaired) electrons. The van der Waals surface area contributed by atoms with Gasteiger partial charge in [0, 0.05) is 26.2 Å². The number of benzene rings is 1. The van der Waals surface area contributed by atoms with E-state index in [4.69, 9.17) is 4.74 Å². The van der Waals surface area contributed by atoms with Crippen molar-refractivity contribution in [2.45, 2.75) is 26.1 Å². The number of hydrogen-bond acceptors (Lipinski definition) is 4. The minimum absolute atomic E-state index is 0.0160. The minimum Gasteiger partial charge on any atom is -0.371 e. The standard InChI is InChI=1S/C17H19N3O2/c1-12-8-19-16(9-18-12)17(21)20(2)10-15-7-13-5-3-4-6-14(13)11-22-15/h3-6,8-9,15H,7,10-11H2,1-2H3. The number of carbonyl (C=O) groups excluding carboxylic acids is 1. The third-order valence-corrected chi connectivity index (χ3v) is 3.86. The van der Waals surface area contributed by atoms with Crippen LogP contribution < -0.4 is 0 Å². The average molecular weight is 297 g/mol. The molecule has 1 atom stereocenters. The molecule has 1 aromatic heterocycles. The van der Waals surface area contributed by atoms with E-state index in [1.807, 2.05) is 19.1 Å². The van der Waals surface area contributed by atoms with Gasteiger partial charge in [0.25, 0.3) is 5.91 Å². The van der Waals surface area contributed by atoms with Gasteiger partial charge in [-0.2, -0.15) is 0 Å². The zero-order valence-electron chi connectivity index (χ0n) is 12.8. The summed E-state index contributed by atoms with van der Waals surface area (Å²) in [7, 11) is 1.77. The molecule has 0 N–H and O–H groups in total. The molecule has 114 valence electrons. The third kappa shape index (κ3) is 3.14. The predicted octanol–water partition coefficient (Wildman–Crippen LogP) is 2.00. The summed E-state index contributed by atoms with van der Waals surface area (Å²) in [6.45, 7) is 2.99. The molecule has 1 aliphatic rings. The van der Waals surface area contributed by atoms with Crippen molar-refractivity contribution < 1.29 is 9.53 Å². The molecular weight excluding hydrogens is 278 g/mol. The Balaban J connectivity index is 1.64. The van der Waals surface area contributed by atoms with Crippen molar-refractivity contribution in [1.29, 1.82) is 0 Å². The van der Waals surface area contributed by atoms with Crippen LogP contribution in [0.25, 0.3) is 0 Å². The number of nitrogens with zero attached hydrogens (tertiary/aromatic N) is 3. The van der Waals surface area contributed by atoms with E-state index in [0.29, 0.717) is 18.8 Å². The highest BCUT2D eigenvalue weighted by Gasteiger charge is 2.23. The molecule has 0 fully saturated rings. The van der Waals surface area contributed by atoms with Gasteiger partial charge in [0.2, 0.25) is 0 Å². The summed E-state index contributed by atoms with van der Waals surface area (Å²) in [5.74, 6) is -0.130. The number of rotatable bonds is 3. The van der Waals surface area contributed by atoms with E-state index in [1.54, 1.807) is 18.1 Å². The van der Waals surface area contributed by atoms with Crippen molar-refractivity contribution in [3.63, 3.8) is 0 Å². The van der Waals surface area contributed by atoms with Crippen LogP contribution in [0.4, 0.5) is 0 Å². The summed E-state index contributed by atoms with van der Waals surface area (Å²) in [5.41, 5.74) is 3.70. The molecule has 2 aromatic rings. The minimum atomic E-state index is -0.130. The van der Waals surface area contributed by atoms with Crippen LogP contribution in [0.5, 0.6) is 0 Å². The predicted molar refractivity (Wildman–Crippen MR) is 82.5 cm³/mol. The molecule has 5 nitrogen and oxygen atoms in total. The summed E-state index contributed by atoms with van der Waals surface area (Å²) < 4.78 is 5.85. The fraction of sp³-hybridized carbons (Fsp3) is 0.353. The van der Waals surface area contributed by atoms with Gasteiger partial charge in [-0.15, -0.1) is 0 Å². The fourth-order valence-electron chi connectivity index (χ4n) is 2.61. The van der Waals surface area contributed by atoms with Crippen LogP contribution >= 0.6 is 0 Å². The summed E-state index contributed by atoms with van der Waals surface area (Å²) in [5, 5.41) is 0. The van der Waals surface area contributed by atoms with Crippen LogP contribution in [-0.2, 0) is 17.8 Å². The van der Waals surface area contributed by atoms with E-state index in [9.17, 15) is 4.79 Å². The molecule has 0 spiro atoms. The number of ether oxygens (including phenoxy) is 1. The summed E-state index contributed by atoms with van der Waals surface area (Å²) in [6, 6.07) is 8.27. The molecule has 2 heterocycles. The molecule has 1 amide bonds. The zero-order chi connectivity index (χ0) is 15.5. The maximum absolute atomic E-state index is 12.3. The molecule has 0 saturated carbocycles. The number of aryl methyl sites for hydroxylation is 1. The number of aromatic nitrogens is 2. The number of amides is 1. The lowest BCUT2D eigenvalue weighted by molar-refractivity contribution is 0.00971. The first-order chi connectivity index (χ1) is 10.6. The molecule has 3 rings (SSSR count). The van der Waals surface area contributed by atoms with Gasteiger partial charge in [0.05, 0.1) is 24.6 Å². The highest BCUT2D eigenvalue weighted by Crippen LogP contribution is 2.20. The van der Waals surface area contributed by atoms with Crippen LogP contribution in [0, 0.1) is 6.92 Å². The quantitative estimate of drug-likeness (QED) is 0.869. The van der Waals surface area contributed by atoms with Gasteiger partial charge < -0.3 is 9.64 Å². The second kappa shape index (κ2) is 6.23. The van der Waals surface area contributed by atoms with E-state index in [1.165, 1.54) is 17.3 Å². The van der Waals surface area contributed by atoms with Crippen LogP contribution in [-0.4, -0.2) is 40.5 Å².